The van der Waals surface area contributed by atoms with Crippen molar-refractivity contribution in [1.82, 2.24) is 4.90 Å². The zero-order chi connectivity index (χ0) is 14.3. The minimum absolute atomic E-state index is 0.0323. The van der Waals surface area contributed by atoms with E-state index in [1.54, 1.807) is 28.8 Å². The summed E-state index contributed by atoms with van der Waals surface area (Å²) in [5.74, 6) is -0.0900. The first-order valence-electron chi connectivity index (χ1n) is 6.81. The van der Waals surface area contributed by atoms with Crippen LogP contribution >= 0.6 is 11.8 Å². The van der Waals surface area contributed by atoms with E-state index >= 15 is 0 Å². The Balaban J connectivity index is 1.88. The summed E-state index contributed by atoms with van der Waals surface area (Å²) in [5, 5.41) is 9.37. The first-order chi connectivity index (χ1) is 9.58. The molecule has 2 fully saturated rings. The largest absolute Gasteiger partial charge is 0.480 e. The number of carboxylic acid groups (broad SMARTS) is 1. The molecular formula is C15H17NO3S. The molecule has 1 aromatic rings. The van der Waals surface area contributed by atoms with Crippen LogP contribution < -0.4 is 0 Å². The summed E-state index contributed by atoms with van der Waals surface area (Å²) in [6, 6.07) is 6.64. The van der Waals surface area contributed by atoms with Gasteiger partial charge in [0.25, 0.3) is 5.91 Å². The van der Waals surface area contributed by atoms with Crippen LogP contribution in [0.3, 0.4) is 0 Å². The maximum atomic E-state index is 12.7. The van der Waals surface area contributed by atoms with Crippen LogP contribution in [0.15, 0.2) is 24.3 Å². The summed E-state index contributed by atoms with van der Waals surface area (Å²) in [5.41, 5.74) is 1.67. The minimum atomic E-state index is -0.902. The van der Waals surface area contributed by atoms with E-state index in [-0.39, 0.29) is 11.3 Å². The van der Waals surface area contributed by atoms with E-state index in [9.17, 15) is 14.7 Å². The molecule has 20 heavy (non-hydrogen) atoms. The third-order valence-electron chi connectivity index (χ3n) is 3.88. The van der Waals surface area contributed by atoms with Crippen LogP contribution in [0.25, 0.3) is 0 Å². The van der Waals surface area contributed by atoms with Gasteiger partial charge in [-0.2, -0.15) is 0 Å². The maximum absolute atomic E-state index is 12.7. The molecule has 2 aliphatic rings. The number of carboxylic acids is 1. The second-order valence-electron chi connectivity index (χ2n) is 5.49. The molecule has 3 rings (SSSR count). The van der Waals surface area contributed by atoms with Crippen molar-refractivity contribution in [2.75, 3.05) is 5.75 Å². The predicted molar refractivity (Wildman–Crippen MR) is 77.7 cm³/mol. The Labute approximate surface area is 122 Å². The number of carbonyl (C=O) groups excluding carboxylic acids is 1. The van der Waals surface area contributed by atoms with Crippen molar-refractivity contribution in [3.05, 3.63) is 35.4 Å². The average molecular weight is 291 g/mol. The molecule has 106 valence electrons. The number of thioether (sulfide) groups is 1. The zero-order valence-corrected chi connectivity index (χ0v) is 12.1. The molecule has 1 aromatic carbocycles. The number of hydrogen-bond acceptors (Lipinski definition) is 3. The summed E-state index contributed by atoms with van der Waals surface area (Å²) >= 11 is 1.61. The Morgan fingerprint density at radius 1 is 1.25 bits per heavy atom. The Morgan fingerprint density at radius 2 is 1.90 bits per heavy atom. The van der Waals surface area contributed by atoms with Gasteiger partial charge in [-0.15, -0.1) is 11.8 Å². The number of nitrogens with zero attached hydrogens (tertiary/aromatic N) is 1. The van der Waals surface area contributed by atoms with Crippen LogP contribution in [-0.2, 0) is 4.79 Å². The Bertz CT molecular complexity index is 539. The van der Waals surface area contributed by atoms with Crippen molar-refractivity contribution in [2.24, 2.45) is 5.92 Å². The highest BCUT2D eigenvalue weighted by molar-refractivity contribution is 8.00. The predicted octanol–water partition coefficient (Wildman–Crippen LogP) is 2.37. The molecule has 1 aliphatic carbocycles. The number of rotatable bonds is 3. The topological polar surface area (TPSA) is 57.6 Å². The lowest BCUT2D eigenvalue weighted by Crippen LogP contribution is -2.46. The SMILES string of the molecule is Cc1ccc(C(=O)N2C(C(=O)O)CSC2C2CC2)cc1. The van der Waals surface area contributed by atoms with E-state index < -0.39 is 12.0 Å². The van der Waals surface area contributed by atoms with Crippen LogP contribution in [0.4, 0.5) is 0 Å². The molecule has 0 spiro atoms. The fourth-order valence-electron chi connectivity index (χ4n) is 2.56. The zero-order valence-electron chi connectivity index (χ0n) is 11.3. The van der Waals surface area contributed by atoms with Crippen LogP contribution in [-0.4, -0.2) is 39.1 Å². The second kappa shape index (κ2) is 5.13. The van der Waals surface area contributed by atoms with Gasteiger partial charge in [0.1, 0.15) is 6.04 Å². The fraction of sp³-hybridized carbons (Fsp3) is 0.467. The van der Waals surface area contributed by atoms with E-state index in [1.807, 2.05) is 19.1 Å². The summed E-state index contributed by atoms with van der Waals surface area (Å²) in [6.07, 6.45) is 2.20. The van der Waals surface area contributed by atoms with Gasteiger partial charge in [0.15, 0.2) is 0 Å². The number of aliphatic carboxylic acids is 1. The normalized spacial score (nSPS) is 25.8. The second-order valence-corrected chi connectivity index (χ2v) is 6.64. The van der Waals surface area contributed by atoms with Gasteiger partial charge < -0.3 is 10.0 Å². The van der Waals surface area contributed by atoms with Crippen molar-refractivity contribution in [3.63, 3.8) is 0 Å². The Hall–Kier alpha value is -1.49. The van der Waals surface area contributed by atoms with Crippen LogP contribution in [0.5, 0.6) is 0 Å². The third-order valence-corrected chi connectivity index (χ3v) is 5.34. The van der Waals surface area contributed by atoms with Crippen LogP contribution in [0, 0.1) is 12.8 Å². The Morgan fingerprint density at radius 3 is 2.45 bits per heavy atom. The van der Waals surface area contributed by atoms with Crippen molar-refractivity contribution >= 4 is 23.6 Å². The van der Waals surface area contributed by atoms with Crippen LogP contribution in [0.2, 0.25) is 0 Å². The van der Waals surface area contributed by atoms with Crippen molar-refractivity contribution in [1.29, 1.82) is 0 Å². The average Bonchev–Trinajstić information content (AvgIpc) is 3.17. The lowest BCUT2D eigenvalue weighted by Gasteiger charge is -2.27. The van der Waals surface area contributed by atoms with Gasteiger partial charge in [0.2, 0.25) is 0 Å². The molecule has 0 radical (unpaired) electrons. The van der Waals surface area contributed by atoms with Gasteiger partial charge in [-0.1, -0.05) is 17.7 Å². The van der Waals surface area contributed by atoms with Crippen molar-refractivity contribution in [3.8, 4) is 0 Å². The van der Waals surface area contributed by atoms with E-state index in [0.717, 1.165) is 18.4 Å². The number of amides is 1. The molecule has 0 bridgehead atoms. The number of aryl methyl sites for hydroxylation is 1. The van der Waals surface area contributed by atoms with E-state index in [2.05, 4.69) is 0 Å². The minimum Gasteiger partial charge on any atom is -0.480 e. The van der Waals surface area contributed by atoms with E-state index in [1.165, 1.54) is 0 Å². The molecule has 0 aromatic heterocycles. The molecule has 1 heterocycles. The molecule has 1 aliphatic heterocycles. The third kappa shape index (κ3) is 2.42. The molecule has 1 saturated carbocycles. The first-order valence-corrected chi connectivity index (χ1v) is 7.86. The van der Waals surface area contributed by atoms with E-state index in [0.29, 0.717) is 17.2 Å². The fourth-order valence-corrected chi connectivity index (χ4v) is 4.20. The number of benzene rings is 1. The van der Waals surface area contributed by atoms with Gasteiger partial charge in [-0.3, -0.25) is 4.79 Å². The van der Waals surface area contributed by atoms with Gasteiger partial charge in [-0.05, 0) is 37.8 Å². The number of hydrogen-bond donors (Lipinski definition) is 1. The Kier molecular flexibility index (Phi) is 3.46. The first kappa shape index (κ1) is 13.5. The molecule has 1 amide bonds. The molecular weight excluding hydrogens is 274 g/mol. The van der Waals surface area contributed by atoms with Crippen LogP contribution in [0.1, 0.15) is 28.8 Å². The van der Waals surface area contributed by atoms with Gasteiger partial charge in [-0.25, -0.2) is 4.79 Å². The van der Waals surface area contributed by atoms with Gasteiger partial charge >= 0.3 is 5.97 Å². The lowest BCUT2D eigenvalue weighted by atomic mass is 10.1. The molecule has 2 atom stereocenters. The lowest BCUT2D eigenvalue weighted by molar-refractivity contribution is -0.141. The molecule has 2 unspecified atom stereocenters. The highest BCUT2D eigenvalue weighted by atomic mass is 32.2. The highest BCUT2D eigenvalue weighted by Crippen LogP contribution is 2.45. The summed E-state index contributed by atoms with van der Waals surface area (Å²) < 4.78 is 0. The summed E-state index contributed by atoms with van der Waals surface area (Å²) in [7, 11) is 0. The smallest absolute Gasteiger partial charge is 0.327 e. The molecule has 5 heteroatoms. The quantitative estimate of drug-likeness (QED) is 0.929. The van der Waals surface area contributed by atoms with E-state index in [4.69, 9.17) is 0 Å². The monoisotopic (exact) mass is 291 g/mol. The van der Waals surface area contributed by atoms with Gasteiger partial charge in [0.05, 0.1) is 5.37 Å². The molecule has 1 N–H and O–H groups in total. The summed E-state index contributed by atoms with van der Waals surface area (Å²) in [6.45, 7) is 1.97. The molecule has 4 nitrogen and oxygen atoms in total. The summed E-state index contributed by atoms with van der Waals surface area (Å²) in [4.78, 5) is 25.6. The standard InChI is InChI=1S/C15H17NO3S/c1-9-2-4-10(5-3-9)13(17)16-12(15(18)19)8-20-14(16)11-6-7-11/h2-5,11-12,14H,6-8H2,1H3,(H,18,19). The van der Waals surface area contributed by atoms with Crippen molar-refractivity contribution in [2.45, 2.75) is 31.2 Å². The maximum Gasteiger partial charge on any atom is 0.327 e. The number of carbonyl (C=O) groups is 2. The van der Waals surface area contributed by atoms with Crippen molar-refractivity contribution < 1.29 is 14.7 Å². The van der Waals surface area contributed by atoms with Gasteiger partial charge in [0, 0.05) is 11.3 Å². The molecule has 1 saturated heterocycles. The highest BCUT2D eigenvalue weighted by Gasteiger charge is 2.48.